The van der Waals surface area contributed by atoms with Crippen molar-refractivity contribution in [3.63, 3.8) is 0 Å². The number of hydrogen-bond donors (Lipinski definition) is 0. The van der Waals surface area contributed by atoms with E-state index in [0.29, 0.717) is 6.54 Å². The Morgan fingerprint density at radius 2 is 1.71 bits per heavy atom. The summed E-state index contributed by atoms with van der Waals surface area (Å²) in [6.07, 6.45) is 3.49. The van der Waals surface area contributed by atoms with E-state index in [0.717, 1.165) is 25.7 Å². The van der Waals surface area contributed by atoms with Crippen molar-refractivity contribution in [2.24, 2.45) is 10.8 Å². The average Bonchev–Trinajstić information content (AvgIpc) is 3.06. The van der Waals surface area contributed by atoms with Crippen LogP contribution < -0.4 is 0 Å². The molecule has 1 saturated carbocycles. The van der Waals surface area contributed by atoms with Gasteiger partial charge in [0.1, 0.15) is 11.4 Å². The van der Waals surface area contributed by atoms with Crippen LogP contribution in [0.15, 0.2) is 0 Å². The Morgan fingerprint density at radius 3 is 2.14 bits per heavy atom. The predicted molar refractivity (Wildman–Crippen MR) is 82.1 cm³/mol. The van der Waals surface area contributed by atoms with Crippen molar-refractivity contribution in [2.45, 2.75) is 78.9 Å². The van der Waals surface area contributed by atoms with Crippen LogP contribution in [-0.2, 0) is 9.53 Å². The highest BCUT2D eigenvalue weighted by molar-refractivity contribution is 5.86. The molecular weight excluding hydrogens is 266 g/mol. The van der Waals surface area contributed by atoms with E-state index >= 15 is 0 Å². The molecule has 1 atom stereocenters. The first-order valence-electron chi connectivity index (χ1n) is 7.98. The van der Waals surface area contributed by atoms with Gasteiger partial charge in [-0.3, -0.25) is 4.79 Å². The van der Waals surface area contributed by atoms with Gasteiger partial charge in [-0.15, -0.1) is 0 Å². The highest BCUT2D eigenvalue weighted by atomic mass is 16.6. The molecule has 1 amide bonds. The van der Waals surface area contributed by atoms with Crippen LogP contribution in [0.4, 0.5) is 4.79 Å². The number of piperidine rings is 1. The lowest BCUT2D eigenvalue weighted by atomic mass is 9.76. The molecule has 1 aliphatic heterocycles. The highest BCUT2D eigenvalue weighted by Gasteiger charge is 2.58. The molecule has 21 heavy (non-hydrogen) atoms. The molecule has 0 radical (unpaired) electrons. The molecule has 0 N–H and O–H groups in total. The summed E-state index contributed by atoms with van der Waals surface area (Å²) in [5, 5.41) is 0. The van der Waals surface area contributed by atoms with E-state index in [2.05, 4.69) is 13.8 Å². The summed E-state index contributed by atoms with van der Waals surface area (Å²) >= 11 is 0. The van der Waals surface area contributed by atoms with Gasteiger partial charge in [0.2, 0.25) is 0 Å². The second-order valence-electron chi connectivity index (χ2n) is 8.54. The lowest BCUT2D eigenvalue weighted by Crippen LogP contribution is -2.55. The van der Waals surface area contributed by atoms with Gasteiger partial charge in [-0.05, 0) is 58.8 Å². The Kier molecular flexibility index (Phi) is 3.88. The van der Waals surface area contributed by atoms with Crippen LogP contribution in [0.3, 0.4) is 0 Å². The van der Waals surface area contributed by atoms with Gasteiger partial charge in [0.05, 0.1) is 0 Å². The van der Waals surface area contributed by atoms with Crippen LogP contribution in [0.5, 0.6) is 0 Å². The van der Waals surface area contributed by atoms with E-state index in [1.807, 2.05) is 25.7 Å². The zero-order valence-electron chi connectivity index (χ0n) is 14.3. The van der Waals surface area contributed by atoms with Crippen LogP contribution in [0, 0.1) is 10.8 Å². The largest absolute Gasteiger partial charge is 0.444 e. The maximum absolute atomic E-state index is 12.6. The van der Waals surface area contributed by atoms with E-state index in [-0.39, 0.29) is 28.7 Å². The molecule has 4 heteroatoms. The minimum atomic E-state index is -0.504. The third kappa shape index (κ3) is 3.41. The fourth-order valence-corrected chi connectivity index (χ4v) is 3.48. The molecule has 4 nitrogen and oxygen atoms in total. The van der Waals surface area contributed by atoms with Crippen LogP contribution >= 0.6 is 0 Å². The summed E-state index contributed by atoms with van der Waals surface area (Å²) in [7, 11) is 0. The summed E-state index contributed by atoms with van der Waals surface area (Å²) in [6.45, 7) is 12.3. The standard InChI is InChI=1S/C17H29NO3/c1-12(19)17(9-10-17)13-7-8-16(5,6)11-18(13)14(20)21-15(2,3)4/h13H,7-11H2,1-6H3. The van der Waals surface area contributed by atoms with E-state index in [4.69, 9.17) is 4.74 Å². The zero-order chi connectivity index (χ0) is 16.1. The lowest BCUT2D eigenvalue weighted by Gasteiger charge is -2.46. The third-order valence-corrected chi connectivity index (χ3v) is 4.82. The maximum atomic E-state index is 12.6. The van der Waals surface area contributed by atoms with Gasteiger partial charge in [0, 0.05) is 18.0 Å². The quantitative estimate of drug-likeness (QED) is 0.779. The smallest absolute Gasteiger partial charge is 0.410 e. The van der Waals surface area contributed by atoms with Crippen molar-refractivity contribution in [3.05, 3.63) is 0 Å². The van der Waals surface area contributed by atoms with Gasteiger partial charge in [0.15, 0.2) is 0 Å². The van der Waals surface area contributed by atoms with Gasteiger partial charge in [0.25, 0.3) is 0 Å². The number of ether oxygens (including phenoxy) is 1. The topological polar surface area (TPSA) is 46.6 Å². The van der Waals surface area contributed by atoms with Crippen molar-refractivity contribution in [1.29, 1.82) is 0 Å². The first kappa shape index (κ1) is 16.3. The first-order chi connectivity index (χ1) is 9.47. The number of likely N-dealkylation sites (tertiary alicyclic amines) is 1. The van der Waals surface area contributed by atoms with Crippen molar-refractivity contribution in [1.82, 2.24) is 4.90 Å². The number of rotatable bonds is 2. The van der Waals surface area contributed by atoms with Gasteiger partial charge in [-0.25, -0.2) is 4.79 Å². The molecule has 1 unspecified atom stereocenters. The number of carbonyl (C=O) groups excluding carboxylic acids is 2. The van der Waals surface area contributed by atoms with Crippen molar-refractivity contribution >= 4 is 11.9 Å². The molecule has 2 fully saturated rings. The third-order valence-electron chi connectivity index (χ3n) is 4.82. The molecular formula is C17H29NO3. The number of ketones is 1. The number of amides is 1. The fraction of sp³-hybridized carbons (Fsp3) is 0.882. The van der Waals surface area contributed by atoms with Crippen LogP contribution in [0.2, 0.25) is 0 Å². The molecule has 0 aromatic heterocycles. The van der Waals surface area contributed by atoms with Crippen LogP contribution in [0.1, 0.15) is 67.2 Å². The van der Waals surface area contributed by atoms with Crippen molar-refractivity contribution in [2.75, 3.05) is 6.54 Å². The Labute approximate surface area is 128 Å². The fourth-order valence-electron chi connectivity index (χ4n) is 3.48. The lowest BCUT2D eigenvalue weighted by molar-refractivity contribution is -0.126. The van der Waals surface area contributed by atoms with E-state index in [9.17, 15) is 9.59 Å². The summed E-state index contributed by atoms with van der Waals surface area (Å²) in [5.41, 5.74) is -0.718. The minimum absolute atomic E-state index is 0.0119. The second-order valence-corrected chi connectivity index (χ2v) is 8.54. The monoisotopic (exact) mass is 295 g/mol. The Balaban J connectivity index is 2.23. The highest BCUT2D eigenvalue weighted by Crippen LogP contribution is 2.55. The Morgan fingerprint density at radius 1 is 1.14 bits per heavy atom. The molecule has 2 aliphatic rings. The van der Waals surface area contributed by atoms with Crippen molar-refractivity contribution in [3.8, 4) is 0 Å². The van der Waals surface area contributed by atoms with E-state index in [1.165, 1.54) is 0 Å². The minimum Gasteiger partial charge on any atom is -0.444 e. The van der Waals surface area contributed by atoms with E-state index < -0.39 is 5.60 Å². The van der Waals surface area contributed by atoms with Crippen LogP contribution in [-0.4, -0.2) is 35.0 Å². The van der Waals surface area contributed by atoms with E-state index in [1.54, 1.807) is 6.92 Å². The summed E-state index contributed by atoms with van der Waals surface area (Å²) in [5.74, 6) is 0.223. The average molecular weight is 295 g/mol. The van der Waals surface area contributed by atoms with Gasteiger partial charge >= 0.3 is 6.09 Å². The zero-order valence-corrected chi connectivity index (χ0v) is 14.3. The van der Waals surface area contributed by atoms with Gasteiger partial charge in [-0.1, -0.05) is 13.8 Å². The predicted octanol–water partition coefficient (Wildman–Crippen LogP) is 3.78. The Hall–Kier alpha value is -1.06. The first-order valence-corrected chi connectivity index (χ1v) is 7.98. The number of nitrogens with zero attached hydrogens (tertiary/aromatic N) is 1. The summed E-state index contributed by atoms with van der Waals surface area (Å²) in [4.78, 5) is 26.5. The second kappa shape index (κ2) is 4.99. The molecule has 0 bridgehead atoms. The number of hydrogen-bond acceptors (Lipinski definition) is 3. The van der Waals surface area contributed by atoms with Gasteiger partial charge in [-0.2, -0.15) is 0 Å². The summed E-state index contributed by atoms with van der Waals surface area (Å²) in [6, 6.07) is 0.0119. The molecule has 120 valence electrons. The normalized spacial score (nSPS) is 27.1. The van der Waals surface area contributed by atoms with Gasteiger partial charge < -0.3 is 9.64 Å². The molecule has 0 aromatic rings. The van der Waals surface area contributed by atoms with Crippen LogP contribution in [0.25, 0.3) is 0 Å². The van der Waals surface area contributed by atoms with Crippen molar-refractivity contribution < 1.29 is 14.3 Å². The molecule has 1 heterocycles. The molecule has 0 aromatic carbocycles. The molecule has 1 aliphatic carbocycles. The molecule has 0 spiro atoms. The molecule has 1 saturated heterocycles. The number of carbonyl (C=O) groups is 2. The number of Topliss-reactive ketones (excluding diaryl/α,β-unsaturated/α-hetero) is 1. The summed E-state index contributed by atoms with van der Waals surface area (Å²) < 4.78 is 5.58. The maximum Gasteiger partial charge on any atom is 0.410 e. The SMILES string of the molecule is CC(=O)C1(C2CCC(C)(C)CN2C(=O)OC(C)(C)C)CC1. The Bertz CT molecular complexity index is 443. The molecule has 2 rings (SSSR count).